The maximum Gasteiger partial charge on any atom is 0.355 e. The Kier molecular flexibility index (Phi) is 8.99. The number of thiazole rings is 1. The Morgan fingerprint density at radius 2 is 2.13 bits per heavy atom. The van der Waals surface area contributed by atoms with Crippen LogP contribution in [-0.4, -0.2) is 63.8 Å². The summed E-state index contributed by atoms with van der Waals surface area (Å²) in [5.74, 6) is 4.63. The molecule has 0 bridgehead atoms. The molecule has 0 saturated carbocycles. The molecule has 3 aromatic rings. The molecule has 0 radical (unpaired) electrons. The van der Waals surface area contributed by atoms with Crippen LogP contribution in [0.4, 0.5) is 15.3 Å². The van der Waals surface area contributed by atoms with Gasteiger partial charge in [-0.15, -0.1) is 21.5 Å². The number of carboxylic acid groups (broad SMARTS) is 1. The third-order valence-corrected chi connectivity index (χ3v) is 7.77. The quantitative estimate of drug-likeness (QED) is 0.307. The van der Waals surface area contributed by atoms with Gasteiger partial charge in [-0.2, -0.15) is 0 Å². The number of amides is 1. The van der Waals surface area contributed by atoms with Gasteiger partial charge >= 0.3 is 5.97 Å². The number of hydrogen-bond acceptors (Lipinski definition) is 8. The number of aromatic carboxylic acids is 1. The summed E-state index contributed by atoms with van der Waals surface area (Å²) in [6.07, 6.45) is 2.54. The van der Waals surface area contributed by atoms with E-state index in [-0.39, 0.29) is 30.5 Å². The number of aromatic nitrogens is 3. The highest BCUT2D eigenvalue weighted by Crippen LogP contribution is 2.38. The number of carboxylic acids is 1. The van der Waals surface area contributed by atoms with Gasteiger partial charge in [0.15, 0.2) is 33.4 Å². The van der Waals surface area contributed by atoms with E-state index in [0.29, 0.717) is 45.9 Å². The zero-order valence-electron chi connectivity index (χ0n) is 21.8. The largest absolute Gasteiger partial charge is 0.491 e. The Hall–Kier alpha value is -3.75. The number of ether oxygens (including phenoxy) is 1. The summed E-state index contributed by atoms with van der Waals surface area (Å²) in [4.78, 5) is 31.5. The van der Waals surface area contributed by atoms with E-state index in [4.69, 9.17) is 16.3 Å². The number of benzene rings is 1. The molecule has 2 aromatic heterocycles. The second-order valence-corrected chi connectivity index (χ2v) is 10.4. The highest BCUT2D eigenvalue weighted by atomic mass is 35.5. The first-order valence-corrected chi connectivity index (χ1v) is 13.5. The minimum atomic E-state index is -1.11. The Balaban J connectivity index is 1.39. The summed E-state index contributed by atoms with van der Waals surface area (Å²) in [7, 11) is 1.64. The molecule has 39 heavy (non-hydrogen) atoms. The van der Waals surface area contributed by atoms with Crippen molar-refractivity contribution in [1.29, 1.82) is 0 Å². The van der Waals surface area contributed by atoms with E-state index >= 15 is 0 Å². The predicted molar refractivity (Wildman–Crippen MR) is 147 cm³/mol. The van der Waals surface area contributed by atoms with Gasteiger partial charge in [-0.1, -0.05) is 23.4 Å². The standard InChI is InChI=1S/C27H27ClFN5O4S/c1-16-19-8-5-13-34(25(19)32-31-24(16)28)27-30-23(26(36)37)22(39-27)9-6-14-38-21-11-10-18(15-20(21)29)7-4-12-33(3)17(2)35/h10-11,15H,5-6,8-9,12-14H2,1-3H3,(H,36,37). The molecule has 0 fully saturated rings. The molecular formula is C27H27ClFN5O4S. The highest BCUT2D eigenvalue weighted by molar-refractivity contribution is 7.16. The summed E-state index contributed by atoms with van der Waals surface area (Å²) >= 11 is 7.44. The minimum absolute atomic E-state index is 0.00899. The van der Waals surface area contributed by atoms with Crippen LogP contribution in [0.25, 0.3) is 0 Å². The summed E-state index contributed by atoms with van der Waals surface area (Å²) < 4.78 is 20.1. The van der Waals surface area contributed by atoms with Gasteiger partial charge in [-0.25, -0.2) is 14.2 Å². The molecule has 204 valence electrons. The molecule has 3 heterocycles. The normalized spacial score (nSPS) is 12.4. The summed E-state index contributed by atoms with van der Waals surface area (Å²) in [5, 5.41) is 18.9. The fourth-order valence-corrected chi connectivity index (χ4v) is 5.29. The van der Waals surface area contributed by atoms with E-state index in [1.165, 1.54) is 35.3 Å². The highest BCUT2D eigenvalue weighted by Gasteiger charge is 2.28. The lowest BCUT2D eigenvalue weighted by atomic mass is 10.0. The molecule has 0 aliphatic carbocycles. The van der Waals surface area contributed by atoms with Crippen LogP contribution >= 0.6 is 22.9 Å². The van der Waals surface area contributed by atoms with E-state index in [0.717, 1.165) is 24.0 Å². The van der Waals surface area contributed by atoms with Crippen LogP contribution in [0.15, 0.2) is 18.2 Å². The van der Waals surface area contributed by atoms with Crippen LogP contribution in [0.1, 0.15) is 51.8 Å². The first-order valence-electron chi connectivity index (χ1n) is 12.3. The Morgan fingerprint density at radius 1 is 1.33 bits per heavy atom. The molecule has 1 amide bonds. The number of fused-ring (bicyclic) bond motifs is 1. The van der Waals surface area contributed by atoms with Crippen molar-refractivity contribution in [2.45, 2.75) is 39.5 Å². The first kappa shape index (κ1) is 28.3. The number of halogens is 2. The van der Waals surface area contributed by atoms with Crippen molar-refractivity contribution in [3.05, 3.63) is 56.4 Å². The van der Waals surface area contributed by atoms with Crippen molar-refractivity contribution < 1.29 is 23.8 Å². The lowest BCUT2D eigenvalue weighted by molar-refractivity contribution is -0.126. The molecular weight excluding hydrogens is 545 g/mol. The summed E-state index contributed by atoms with van der Waals surface area (Å²) in [6, 6.07) is 4.43. The van der Waals surface area contributed by atoms with Gasteiger partial charge in [0.2, 0.25) is 5.91 Å². The minimum Gasteiger partial charge on any atom is -0.491 e. The summed E-state index contributed by atoms with van der Waals surface area (Å²) in [6.45, 7) is 4.43. The number of anilines is 2. The van der Waals surface area contributed by atoms with Crippen molar-refractivity contribution in [2.75, 3.05) is 31.6 Å². The average Bonchev–Trinajstić information content (AvgIpc) is 3.33. The van der Waals surface area contributed by atoms with Crippen molar-refractivity contribution in [3.63, 3.8) is 0 Å². The Labute approximate surface area is 234 Å². The molecule has 1 aliphatic rings. The second kappa shape index (κ2) is 12.4. The van der Waals surface area contributed by atoms with Crippen LogP contribution in [0.5, 0.6) is 5.75 Å². The molecule has 1 aliphatic heterocycles. The van der Waals surface area contributed by atoms with E-state index in [2.05, 4.69) is 27.0 Å². The molecule has 0 atom stereocenters. The number of carbonyl (C=O) groups is 2. The fourth-order valence-electron chi connectivity index (χ4n) is 4.01. The number of rotatable bonds is 8. The van der Waals surface area contributed by atoms with Crippen LogP contribution in [0.2, 0.25) is 5.15 Å². The SMILES string of the molecule is CC(=O)N(C)CC#Cc1ccc(OCCCc2sc(N3CCCc4c3nnc(Cl)c4C)nc2C(=O)O)c(F)c1. The van der Waals surface area contributed by atoms with Gasteiger partial charge in [-0.3, -0.25) is 4.79 Å². The van der Waals surface area contributed by atoms with Crippen molar-refractivity contribution in [3.8, 4) is 17.6 Å². The maximum atomic E-state index is 14.5. The average molecular weight is 572 g/mol. The van der Waals surface area contributed by atoms with Gasteiger partial charge in [0.1, 0.15) is 0 Å². The smallest absolute Gasteiger partial charge is 0.355 e. The van der Waals surface area contributed by atoms with Gasteiger partial charge < -0.3 is 19.6 Å². The number of hydrogen-bond donors (Lipinski definition) is 1. The number of nitrogens with zero attached hydrogens (tertiary/aromatic N) is 5. The number of carbonyl (C=O) groups excluding carboxylic acids is 1. The van der Waals surface area contributed by atoms with Gasteiger partial charge in [-0.05, 0) is 56.4 Å². The zero-order valence-corrected chi connectivity index (χ0v) is 23.3. The fraction of sp³-hybridized carbons (Fsp3) is 0.370. The van der Waals surface area contributed by atoms with Crippen LogP contribution in [0.3, 0.4) is 0 Å². The van der Waals surface area contributed by atoms with E-state index in [1.54, 1.807) is 13.1 Å². The number of aryl methyl sites for hydroxylation is 1. The van der Waals surface area contributed by atoms with E-state index in [1.807, 2.05) is 11.8 Å². The third kappa shape index (κ3) is 6.64. The topological polar surface area (TPSA) is 109 Å². The maximum absolute atomic E-state index is 14.5. The molecule has 9 nitrogen and oxygen atoms in total. The zero-order chi connectivity index (χ0) is 28.1. The lowest BCUT2D eigenvalue weighted by Gasteiger charge is -2.28. The molecule has 1 aromatic carbocycles. The van der Waals surface area contributed by atoms with E-state index in [9.17, 15) is 19.1 Å². The monoisotopic (exact) mass is 571 g/mol. The van der Waals surface area contributed by atoms with Gasteiger partial charge in [0.05, 0.1) is 13.2 Å². The first-order chi connectivity index (χ1) is 18.7. The molecule has 4 rings (SSSR count). The molecule has 0 saturated heterocycles. The van der Waals surface area contributed by atoms with Gasteiger partial charge in [0.25, 0.3) is 0 Å². The van der Waals surface area contributed by atoms with Crippen molar-refractivity contribution in [2.24, 2.45) is 0 Å². The van der Waals surface area contributed by atoms with Crippen molar-refractivity contribution in [1.82, 2.24) is 20.1 Å². The van der Waals surface area contributed by atoms with Crippen LogP contribution in [-0.2, 0) is 17.6 Å². The molecule has 0 unspecified atom stereocenters. The molecule has 0 spiro atoms. The lowest BCUT2D eigenvalue weighted by Crippen LogP contribution is -2.27. The van der Waals surface area contributed by atoms with Gasteiger partial charge in [0, 0.05) is 36.5 Å². The molecule has 12 heteroatoms. The Morgan fingerprint density at radius 3 is 2.85 bits per heavy atom. The van der Waals surface area contributed by atoms with Crippen LogP contribution in [0, 0.1) is 24.6 Å². The van der Waals surface area contributed by atoms with Crippen molar-refractivity contribution >= 4 is 45.8 Å². The summed E-state index contributed by atoms with van der Waals surface area (Å²) in [5.41, 5.74) is 2.32. The van der Waals surface area contributed by atoms with Crippen LogP contribution < -0.4 is 9.64 Å². The molecule has 1 N–H and O–H groups in total. The second-order valence-electron chi connectivity index (χ2n) is 9.02. The Bertz CT molecular complexity index is 1470. The van der Waals surface area contributed by atoms with E-state index < -0.39 is 11.8 Å². The predicted octanol–water partition coefficient (Wildman–Crippen LogP) is 4.66. The third-order valence-electron chi connectivity index (χ3n) is 6.27.